The molecule has 0 bridgehead atoms. The molecular weight excluding hydrogens is 250 g/mol. The number of rotatable bonds is 6. The van der Waals surface area contributed by atoms with Gasteiger partial charge in [0.15, 0.2) is 0 Å². The molecule has 0 aromatic carbocycles. The van der Waals surface area contributed by atoms with E-state index < -0.39 is 10.0 Å². The highest BCUT2D eigenvalue weighted by Gasteiger charge is 2.37. The van der Waals surface area contributed by atoms with Crippen LogP contribution in [0.3, 0.4) is 0 Å². The van der Waals surface area contributed by atoms with E-state index in [4.69, 9.17) is 16.3 Å². The molecule has 2 unspecified atom stereocenters. The zero-order chi connectivity index (χ0) is 12.2. The molecule has 1 heterocycles. The SMILES string of the molecule is COCCCS(=O)(=O)N1CCC(C)C1CCl. The normalized spacial score (nSPS) is 27.4. The second-order valence-electron chi connectivity index (χ2n) is 4.26. The quantitative estimate of drug-likeness (QED) is 0.539. The average molecular weight is 270 g/mol. The molecule has 16 heavy (non-hydrogen) atoms. The lowest BCUT2D eigenvalue weighted by molar-refractivity contribution is 0.199. The van der Waals surface area contributed by atoms with Crippen LogP contribution in [-0.2, 0) is 14.8 Å². The second kappa shape index (κ2) is 6.19. The molecule has 1 aliphatic heterocycles. The van der Waals surface area contributed by atoms with Crippen LogP contribution in [0, 0.1) is 5.92 Å². The Kier molecular flexibility index (Phi) is 5.50. The van der Waals surface area contributed by atoms with Crippen molar-refractivity contribution in [1.29, 1.82) is 0 Å². The first-order valence-corrected chi connectivity index (χ1v) is 7.71. The molecule has 96 valence electrons. The molecular formula is C10H20ClNO3S. The van der Waals surface area contributed by atoms with Gasteiger partial charge in [0, 0.05) is 32.2 Å². The van der Waals surface area contributed by atoms with Crippen molar-refractivity contribution in [1.82, 2.24) is 4.31 Å². The highest BCUT2D eigenvalue weighted by atomic mass is 35.5. The number of halogens is 1. The van der Waals surface area contributed by atoms with Gasteiger partial charge in [0.05, 0.1) is 5.75 Å². The van der Waals surface area contributed by atoms with E-state index in [0.29, 0.717) is 31.4 Å². The molecule has 0 radical (unpaired) electrons. The van der Waals surface area contributed by atoms with Gasteiger partial charge in [-0.25, -0.2) is 8.42 Å². The van der Waals surface area contributed by atoms with Crippen LogP contribution in [-0.4, -0.2) is 50.7 Å². The minimum absolute atomic E-state index is 0.0331. The predicted molar refractivity (Wildman–Crippen MR) is 65.3 cm³/mol. The third-order valence-corrected chi connectivity index (χ3v) is 5.39. The number of alkyl halides is 1. The topological polar surface area (TPSA) is 46.6 Å². The molecule has 0 aliphatic carbocycles. The Labute approximate surface area is 103 Å². The molecule has 0 N–H and O–H groups in total. The van der Waals surface area contributed by atoms with Crippen molar-refractivity contribution >= 4 is 21.6 Å². The van der Waals surface area contributed by atoms with Crippen molar-refractivity contribution in [2.24, 2.45) is 5.92 Å². The van der Waals surface area contributed by atoms with Gasteiger partial charge in [-0.05, 0) is 18.8 Å². The summed E-state index contributed by atoms with van der Waals surface area (Å²) in [5.74, 6) is 0.890. The van der Waals surface area contributed by atoms with Crippen LogP contribution in [0.25, 0.3) is 0 Å². The van der Waals surface area contributed by atoms with Gasteiger partial charge in [-0.3, -0.25) is 0 Å². The molecule has 2 atom stereocenters. The van der Waals surface area contributed by atoms with Crippen molar-refractivity contribution in [2.45, 2.75) is 25.8 Å². The zero-order valence-corrected chi connectivity index (χ0v) is 11.4. The third kappa shape index (κ3) is 3.32. The number of ether oxygens (including phenoxy) is 1. The van der Waals surface area contributed by atoms with Crippen LogP contribution in [0.4, 0.5) is 0 Å². The largest absolute Gasteiger partial charge is 0.385 e. The molecule has 0 saturated carbocycles. The molecule has 0 aromatic heterocycles. The van der Waals surface area contributed by atoms with Crippen molar-refractivity contribution in [3.8, 4) is 0 Å². The standard InChI is InChI=1S/C10H20ClNO3S/c1-9-4-5-12(10(9)8-11)16(13,14)7-3-6-15-2/h9-10H,3-8H2,1-2H3. The van der Waals surface area contributed by atoms with Gasteiger partial charge in [0.2, 0.25) is 10.0 Å². The lowest BCUT2D eigenvalue weighted by Gasteiger charge is -2.24. The van der Waals surface area contributed by atoms with Crippen molar-refractivity contribution in [2.75, 3.05) is 31.9 Å². The maximum absolute atomic E-state index is 12.0. The molecule has 1 fully saturated rings. The highest BCUT2D eigenvalue weighted by Crippen LogP contribution is 2.27. The fraction of sp³-hybridized carbons (Fsp3) is 1.00. The van der Waals surface area contributed by atoms with Crippen molar-refractivity contribution in [3.63, 3.8) is 0 Å². The number of methoxy groups -OCH3 is 1. The summed E-state index contributed by atoms with van der Waals surface area (Å²) in [6, 6.07) is -0.0331. The second-order valence-corrected chi connectivity index (χ2v) is 6.61. The van der Waals surface area contributed by atoms with Gasteiger partial charge in [0.1, 0.15) is 0 Å². The minimum atomic E-state index is -3.16. The fourth-order valence-electron chi connectivity index (χ4n) is 2.05. The summed E-state index contributed by atoms with van der Waals surface area (Å²) in [6.45, 7) is 3.14. The Morgan fingerprint density at radius 2 is 2.19 bits per heavy atom. The van der Waals surface area contributed by atoms with E-state index in [1.807, 2.05) is 0 Å². The number of hydrogen-bond donors (Lipinski definition) is 0. The molecule has 0 spiro atoms. The van der Waals surface area contributed by atoms with Crippen LogP contribution >= 0.6 is 11.6 Å². The Morgan fingerprint density at radius 3 is 2.75 bits per heavy atom. The van der Waals surface area contributed by atoms with E-state index in [-0.39, 0.29) is 11.8 Å². The lowest BCUT2D eigenvalue weighted by atomic mass is 10.1. The fourth-order valence-corrected chi connectivity index (χ4v) is 4.40. The van der Waals surface area contributed by atoms with E-state index in [0.717, 1.165) is 6.42 Å². The highest BCUT2D eigenvalue weighted by molar-refractivity contribution is 7.89. The molecule has 0 amide bonds. The first-order valence-electron chi connectivity index (χ1n) is 5.57. The summed E-state index contributed by atoms with van der Waals surface area (Å²) in [4.78, 5) is 0. The molecule has 6 heteroatoms. The maximum atomic E-state index is 12.0. The summed E-state index contributed by atoms with van der Waals surface area (Å²) in [5.41, 5.74) is 0. The van der Waals surface area contributed by atoms with Crippen LogP contribution in [0.5, 0.6) is 0 Å². The first-order chi connectivity index (χ1) is 7.53. The molecule has 1 rings (SSSR count). The third-order valence-electron chi connectivity index (χ3n) is 3.10. The molecule has 1 aliphatic rings. The van der Waals surface area contributed by atoms with Crippen molar-refractivity contribution < 1.29 is 13.2 Å². The summed E-state index contributed by atoms with van der Waals surface area (Å²) >= 11 is 5.83. The van der Waals surface area contributed by atoms with Crippen LogP contribution in [0.1, 0.15) is 19.8 Å². The van der Waals surface area contributed by atoms with E-state index in [2.05, 4.69) is 6.92 Å². The monoisotopic (exact) mass is 269 g/mol. The Balaban J connectivity index is 2.61. The van der Waals surface area contributed by atoms with Gasteiger partial charge >= 0.3 is 0 Å². The van der Waals surface area contributed by atoms with E-state index in [1.54, 1.807) is 11.4 Å². The molecule has 1 saturated heterocycles. The zero-order valence-electron chi connectivity index (χ0n) is 9.86. The number of nitrogens with zero attached hydrogens (tertiary/aromatic N) is 1. The number of hydrogen-bond acceptors (Lipinski definition) is 3. The average Bonchev–Trinajstić information content (AvgIpc) is 2.60. The molecule has 4 nitrogen and oxygen atoms in total. The summed E-state index contributed by atoms with van der Waals surface area (Å²) in [7, 11) is -1.58. The van der Waals surface area contributed by atoms with E-state index >= 15 is 0 Å². The van der Waals surface area contributed by atoms with Crippen LogP contribution in [0.2, 0.25) is 0 Å². The number of sulfonamides is 1. The first kappa shape index (κ1) is 14.2. The van der Waals surface area contributed by atoms with Gasteiger partial charge in [-0.1, -0.05) is 6.92 Å². The van der Waals surface area contributed by atoms with Crippen molar-refractivity contribution in [3.05, 3.63) is 0 Å². The summed E-state index contributed by atoms with van der Waals surface area (Å²) in [5, 5.41) is 0. The Morgan fingerprint density at radius 1 is 1.50 bits per heavy atom. The van der Waals surface area contributed by atoms with Gasteiger partial charge in [-0.2, -0.15) is 4.31 Å². The molecule has 0 aromatic rings. The van der Waals surface area contributed by atoms with E-state index in [1.165, 1.54) is 0 Å². The Bertz CT molecular complexity index is 307. The van der Waals surface area contributed by atoms with E-state index in [9.17, 15) is 8.42 Å². The van der Waals surface area contributed by atoms with Gasteiger partial charge in [-0.15, -0.1) is 11.6 Å². The minimum Gasteiger partial charge on any atom is -0.385 e. The predicted octanol–water partition coefficient (Wildman–Crippen LogP) is 1.30. The van der Waals surface area contributed by atoms with Gasteiger partial charge < -0.3 is 4.74 Å². The lowest BCUT2D eigenvalue weighted by Crippen LogP contribution is -2.40. The van der Waals surface area contributed by atoms with Gasteiger partial charge in [0.25, 0.3) is 0 Å². The van der Waals surface area contributed by atoms with Crippen LogP contribution in [0.15, 0.2) is 0 Å². The summed E-state index contributed by atoms with van der Waals surface area (Å²) in [6.07, 6.45) is 1.44. The van der Waals surface area contributed by atoms with Crippen LogP contribution < -0.4 is 0 Å². The smallest absolute Gasteiger partial charge is 0.214 e. The Hall–Kier alpha value is 0.160. The maximum Gasteiger partial charge on any atom is 0.214 e. The summed E-state index contributed by atoms with van der Waals surface area (Å²) < 4.78 is 30.5.